The van der Waals surface area contributed by atoms with Gasteiger partial charge in [0.2, 0.25) is 0 Å². The van der Waals surface area contributed by atoms with Crippen LogP contribution in [0.5, 0.6) is 0 Å². The molecule has 1 amide bonds. The number of aliphatic hydroxyl groups is 1. The van der Waals surface area contributed by atoms with Gasteiger partial charge in [-0.2, -0.15) is 0 Å². The van der Waals surface area contributed by atoms with Gasteiger partial charge in [0.1, 0.15) is 5.82 Å². The van der Waals surface area contributed by atoms with Gasteiger partial charge in [-0.25, -0.2) is 9.97 Å². The van der Waals surface area contributed by atoms with Crippen molar-refractivity contribution in [2.24, 2.45) is 0 Å². The van der Waals surface area contributed by atoms with E-state index in [9.17, 15) is 9.90 Å². The SMILES string of the molecule is O=C(c1cnc(C2CC2)nc1)N1CCC[C@H](O)[C@@H]1Cc1ccccc1. The van der Waals surface area contributed by atoms with Gasteiger partial charge in [-0.05, 0) is 37.7 Å². The third-order valence-electron chi connectivity index (χ3n) is 5.15. The minimum atomic E-state index is -0.496. The quantitative estimate of drug-likeness (QED) is 0.931. The lowest BCUT2D eigenvalue weighted by molar-refractivity contribution is 0.0118. The summed E-state index contributed by atoms with van der Waals surface area (Å²) in [6.45, 7) is 0.664. The van der Waals surface area contributed by atoms with Gasteiger partial charge in [0.05, 0.1) is 17.7 Å². The molecular weight excluding hydrogens is 314 g/mol. The molecule has 130 valence electrons. The first-order valence-corrected chi connectivity index (χ1v) is 9.07. The highest BCUT2D eigenvalue weighted by Crippen LogP contribution is 2.37. The van der Waals surface area contributed by atoms with Crippen LogP contribution in [0.15, 0.2) is 42.7 Å². The third-order valence-corrected chi connectivity index (χ3v) is 5.15. The van der Waals surface area contributed by atoms with E-state index in [4.69, 9.17) is 0 Å². The van der Waals surface area contributed by atoms with Crippen molar-refractivity contribution in [2.75, 3.05) is 6.54 Å². The average molecular weight is 337 g/mol. The molecule has 1 aliphatic heterocycles. The lowest BCUT2D eigenvalue weighted by atomic mass is 9.92. The van der Waals surface area contributed by atoms with Crippen molar-refractivity contribution in [1.29, 1.82) is 0 Å². The number of aromatic nitrogens is 2. The van der Waals surface area contributed by atoms with Gasteiger partial charge < -0.3 is 10.0 Å². The monoisotopic (exact) mass is 337 g/mol. The van der Waals surface area contributed by atoms with Gasteiger partial charge >= 0.3 is 0 Å². The molecule has 0 unspecified atom stereocenters. The van der Waals surface area contributed by atoms with Gasteiger partial charge in [-0.15, -0.1) is 0 Å². The Morgan fingerprint density at radius 3 is 2.52 bits per heavy atom. The third kappa shape index (κ3) is 3.56. The maximum Gasteiger partial charge on any atom is 0.257 e. The molecule has 2 heterocycles. The molecule has 5 nitrogen and oxygen atoms in total. The van der Waals surface area contributed by atoms with Crippen molar-refractivity contribution in [2.45, 2.75) is 50.2 Å². The molecule has 2 aliphatic rings. The number of carbonyl (C=O) groups excluding carboxylic acids is 1. The highest BCUT2D eigenvalue weighted by atomic mass is 16.3. The zero-order valence-corrected chi connectivity index (χ0v) is 14.2. The predicted molar refractivity (Wildman–Crippen MR) is 94.2 cm³/mol. The van der Waals surface area contributed by atoms with Crippen LogP contribution in [-0.4, -0.2) is 44.6 Å². The maximum atomic E-state index is 13.0. The van der Waals surface area contributed by atoms with Crippen LogP contribution in [0.1, 0.15) is 53.3 Å². The number of piperidine rings is 1. The second-order valence-electron chi connectivity index (χ2n) is 7.07. The van der Waals surface area contributed by atoms with E-state index in [0.29, 0.717) is 24.4 Å². The van der Waals surface area contributed by atoms with Crippen molar-refractivity contribution < 1.29 is 9.90 Å². The summed E-state index contributed by atoms with van der Waals surface area (Å²) in [7, 11) is 0. The van der Waals surface area contributed by atoms with Crippen LogP contribution < -0.4 is 0 Å². The first kappa shape index (κ1) is 16.2. The van der Waals surface area contributed by atoms with Crippen molar-refractivity contribution in [3.63, 3.8) is 0 Å². The minimum Gasteiger partial charge on any atom is -0.391 e. The average Bonchev–Trinajstić information content (AvgIpc) is 3.49. The lowest BCUT2D eigenvalue weighted by Gasteiger charge is -2.39. The molecule has 1 saturated heterocycles. The number of rotatable bonds is 4. The van der Waals surface area contributed by atoms with E-state index in [1.807, 2.05) is 30.3 Å². The van der Waals surface area contributed by atoms with E-state index in [1.165, 1.54) is 0 Å². The Kier molecular flexibility index (Phi) is 4.49. The van der Waals surface area contributed by atoms with Gasteiger partial charge in [0.25, 0.3) is 5.91 Å². The van der Waals surface area contributed by atoms with Crippen molar-refractivity contribution >= 4 is 5.91 Å². The Hall–Kier alpha value is -2.27. The van der Waals surface area contributed by atoms with Crippen LogP contribution >= 0.6 is 0 Å². The van der Waals surface area contributed by atoms with Crippen LogP contribution in [-0.2, 0) is 6.42 Å². The number of hydrogen-bond acceptors (Lipinski definition) is 4. The Labute approximate surface area is 147 Å². The van der Waals surface area contributed by atoms with Crippen LogP contribution in [0.4, 0.5) is 0 Å². The van der Waals surface area contributed by atoms with Crippen molar-refractivity contribution in [1.82, 2.24) is 14.9 Å². The van der Waals surface area contributed by atoms with Gasteiger partial charge in [-0.3, -0.25) is 4.79 Å². The smallest absolute Gasteiger partial charge is 0.257 e. The number of amides is 1. The number of carbonyl (C=O) groups is 1. The molecule has 1 aromatic heterocycles. The molecule has 0 bridgehead atoms. The molecule has 2 atom stereocenters. The summed E-state index contributed by atoms with van der Waals surface area (Å²) in [6, 6.07) is 9.83. The fourth-order valence-electron chi connectivity index (χ4n) is 3.56. The number of benzene rings is 1. The summed E-state index contributed by atoms with van der Waals surface area (Å²) in [5.41, 5.74) is 1.64. The van der Waals surface area contributed by atoms with Crippen LogP contribution in [0.2, 0.25) is 0 Å². The second-order valence-corrected chi connectivity index (χ2v) is 7.07. The summed E-state index contributed by atoms with van der Waals surface area (Å²) in [6.07, 6.45) is 7.29. The van der Waals surface area contributed by atoms with E-state index < -0.39 is 6.10 Å². The maximum absolute atomic E-state index is 13.0. The molecule has 5 heteroatoms. The van der Waals surface area contributed by atoms with Crippen molar-refractivity contribution in [3.05, 3.63) is 59.7 Å². The van der Waals surface area contributed by atoms with Crippen LogP contribution in [0.25, 0.3) is 0 Å². The van der Waals surface area contributed by atoms with E-state index in [0.717, 1.165) is 37.1 Å². The van der Waals surface area contributed by atoms with Gasteiger partial charge in [0, 0.05) is 24.9 Å². The molecule has 1 aromatic carbocycles. The number of nitrogens with zero attached hydrogens (tertiary/aromatic N) is 3. The molecule has 1 N–H and O–H groups in total. The highest BCUT2D eigenvalue weighted by Gasteiger charge is 2.34. The van der Waals surface area contributed by atoms with E-state index in [-0.39, 0.29) is 11.9 Å². The van der Waals surface area contributed by atoms with Crippen LogP contribution in [0, 0.1) is 0 Å². The van der Waals surface area contributed by atoms with E-state index in [2.05, 4.69) is 9.97 Å². The summed E-state index contributed by atoms with van der Waals surface area (Å²) >= 11 is 0. The van der Waals surface area contributed by atoms with Gasteiger partial charge in [0.15, 0.2) is 0 Å². The molecule has 2 aromatic rings. The molecule has 1 saturated carbocycles. The van der Waals surface area contributed by atoms with Crippen LogP contribution in [0.3, 0.4) is 0 Å². The summed E-state index contributed by atoms with van der Waals surface area (Å²) < 4.78 is 0. The Morgan fingerprint density at radius 1 is 1.12 bits per heavy atom. The summed E-state index contributed by atoms with van der Waals surface area (Å²) in [5.74, 6) is 1.24. The second kappa shape index (κ2) is 6.92. The summed E-state index contributed by atoms with van der Waals surface area (Å²) in [4.78, 5) is 23.5. The number of likely N-dealkylation sites (tertiary alicyclic amines) is 1. The largest absolute Gasteiger partial charge is 0.391 e. The predicted octanol–water partition coefficient (Wildman–Crippen LogP) is 2.56. The topological polar surface area (TPSA) is 66.3 Å². The first-order valence-electron chi connectivity index (χ1n) is 9.07. The van der Waals surface area contributed by atoms with E-state index in [1.54, 1.807) is 17.3 Å². The molecule has 25 heavy (non-hydrogen) atoms. The highest BCUT2D eigenvalue weighted by molar-refractivity contribution is 5.94. The zero-order chi connectivity index (χ0) is 17.2. The fraction of sp³-hybridized carbons (Fsp3) is 0.450. The summed E-state index contributed by atoms with van der Waals surface area (Å²) in [5, 5.41) is 10.5. The number of aliphatic hydroxyl groups excluding tert-OH is 1. The molecular formula is C20H23N3O2. The Bertz CT molecular complexity index is 728. The normalized spacial score (nSPS) is 23.5. The lowest BCUT2D eigenvalue weighted by Crippen LogP contribution is -2.52. The van der Waals surface area contributed by atoms with Gasteiger partial charge in [-0.1, -0.05) is 30.3 Å². The standard InChI is InChI=1S/C20H23N3O2/c24-18-7-4-10-23(17(18)11-14-5-2-1-3-6-14)20(25)16-12-21-19(22-13-16)15-8-9-15/h1-3,5-6,12-13,15,17-18,24H,4,7-11H2/t17-,18-/m0/s1. The van der Waals surface area contributed by atoms with E-state index >= 15 is 0 Å². The Balaban J connectivity index is 1.53. The zero-order valence-electron chi connectivity index (χ0n) is 14.2. The molecule has 0 spiro atoms. The molecule has 1 aliphatic carbocycles. The molecule has 2 fully saturated rings. The Morgan fingerprint density at radius 2 is 1.84 bits per heavy atom. The molecule has 4 rings (SSSR count). The molecule has 0 radical (unpaired) electrons. The fourth-order valence-corrected chi connectivity index (χ4v) is 3.56. The van der Waals surface area contributed by atoms with Crippen molar-refractivity contribution in [3.8, 4) is 0 Å². The number of hydrogen-bond donors (Lipinski definition) is 1. The first-order chi connectivity index (χ1) is 12.2. The minimum absolute atomic E-state index is 0.0815.